The maximum Gasteiger partial charge on any atom is 0.308 e. The SMILES string of the molecule is COc1ccc(COC[C@H](C)[C@H](C[C@@H]2OC(=O)C[C@@H](O[Si](C)(C)C(C)(C)C)C[C@@H](OC)/C=C/C=C/C[C@H](OC)c3coc(n3)C[C@H](O[Si](C)(C)C(C)(C)C)C(C)(C)[C@H](C[C@H](OC)[C@@H](C)COCc3ccc(OC)cc3)OC(=O)C[C@@H](O[Si](C)(C)C(C)(C)C)C[C@@H](OC)/C=C/C=C/C[C@H](OC)c3coc(n3)C[C@H](O[Si](C)(C)C(C)(C)C)C2(C)C)OC)cc1. The maximum atomic E-state index is 15.5. The van der Waals surface area contributed by atoms with Gasteiger partial charge < -0.3 is 83.4 Å². The van der Waals surface area contributed by atoms with Crippen molar-refractivity contribution in [2.75, 3.05) is 70.1 Å². The van der Waals surface area contributed by atoms with E-state index >= 15 is 9.59 Å². The molecular formula is C96H162N2O20Si4. The third-order valence-electron chi connectivity index (χ3n) is 26.6. The molecule has 0 saturated carbocycles. The van der Waals surface area contributed by atoms with E-state index in [0.717, 1.165) is 22.6 Å². The first-order valence-electron chi connectivity index (χ1n) is 44.0. The molecule has 0 fully saturated rings. The van der Waals surface area contributed by atoms with Crippen molar-refractivity contribution in [1.82, 2.24) is 9.97 Å². The summed E-state index contributed by atoms with van der Waals surface area (Å²) < 4.78 is 118. The Hall–Kier alpha value is -5.25. The standard InChI is InChI=1S/C96H162N2O20Si4/c1-67(61-109-63-69-45-49-71(101-19)50-46-69)81(107-25)57-83-95(15,16)85(117-121(31,32)93(9,10)11)59-87-97-77(65-111-87)79(105-23)43-39-36-38-42-74(104-22)54-76(116-120(29,30)92(6,7)8)56-90(100)114-84(58-82(108-26)68(2)62-110-64-70-47-51-72(102-20)52-48-70)96(17,18)86(118-122(33,34)94(12,13)14)60-88-98-78(66-112-88)80(106-24)44-40-35-37-41-73(103-21)53-75(55-89(99)113-83)115-119(27,28)91(3,4)5/h35-42,45-52,65-68,73-76,79-86H,43-44,53-64H2,1-34H3/b39-36+,40-35+,41-37+,42-38+/t67-,68-,73-,74-,75-,76-,79-,80-,81-,82-,83-,84-,85-,86-/m0/s1. The normalized spacial score (nSPS) is 24.7. The van der Waals surface area contributed by atoms with Crippen LogP contribution in [0.4, 0.5) is 0 Å². The van der Waals surface area contributed by atoms with Gasteiger partial charge in [0.2, 0.25) is 0 Å². The van der Waals surface area contributed by atoms with E-state index in [0.29, 0.717) is 88.1 Å². The summed E-state index contributed by atoms with van der Waals surface area (Å²) in [6.45, 7) is 58.4. The number of allylic oxidation sites excluding steroid dienone is 4. The van der Waals surface area contributed by atoms with Gasteiger partial charge in [-0.15, -0.1) is 0 Å². The summed E-state index contributed by atoms with van der Waals surface area (Å²) >= 11 is 0. The Morgan fingerprint density at radius 1 is 0.443 bits per heavy atom. The number of ether oxygens (including phenoxy) is 12. The molecular weight excluding hydrogens is 1610 g/mol. The number of esters is 2. The highest BCUT2D eigenvalue weighted by Gasteiger charge is 2.52. The minimum Gasteiger partial charge on any atom is -0.497 e. The van der Waals surface area contributed by atoms with E-state index < -0.39 is 129 Å². The molecule has 2 aromatic carbocycles. The van der Waals surface area contributed by atoms with Gasteiger partial charge in [-0.1, -0.05) is 198 Å². The van der Waals surface area contributed by atoms with Crippen molar-refractivity contribution < 1.29 is 93.0 Å². The van der Waals surface area contributed by atoms with Gasteiger partial charge in [0.05, 0.1) is 102 Å². The average molecular weight is 1780 g/mol. The molecule has 14 atom stereocenters. The van der Waals surface area contributed by atoms with Crippen LogP contribution in [0.1, 0.15) is 222 Å². The summed E-state index contributed by atoms with van der Waals surface area (Å²) in [5, 5.41) is -0.822. The number of methoxy groups -OCH3 is 8. The van der Waals surface area contributed by atoms with E-state index in [9.17, 15) is 0 Å². The molecule has 1 aliphatic rings. The maximum absolute atomic E-state index is 15.5. The van der Waals surface area contributed by atoms with E-state index in [1.807, 2.05) is 97.1 Å². The molecule has 0 aliphatic carbocycles. The number of nitrogens with zero attached hydrogens (tertiary/aromatic N) is 2. The topological polar surface area (TPSA) is 234 Å². The molecule has 26 heteroatoms. The largest absolute Gasteiger partial charge is 0.497 e. The summed E-state index contributed by atoms with van der Waals surface area (Å²) in [7, 11) is 3.04. The molecule has 0 saturated heterocycles. The molecule has 0 unspecified atom stereocenters. The van der Waals surface area contributed by atoms with Gasteiger partial charge in [0, 0.05) is 104 Å². The smallest absolute Gasteiger partial charge is 0.308 e. The van der Waals surface area contributed by atoms with Crippen LogP contribution in [0.5, 0.6) is 11.5 Å². The first-order valence-corrected chi connectivity index (χ1v) is 55.6. The highest BCUT2D eigenvalue weighted by Crippen LogP contribution is 2.47. The van der Waals surface area contributed by atoms with Crippen molar-refractivity contribution in [3.8, 4) is 11.5 Å². The molecule has 2 aromatic heterocycles. The third kappa shape index (κ3) is 32.8. The van der Waals surface area contributed by atoms with Gasteiger partial charge in [-0.25, -0.2) is 9.97 Å². The number of carbonyl (C=O) groups is 2. The molecule has 0 spiro atoms. The van der Waals surface area contributed by atoms with Gasteiger partial charge in [0.15, 0.2) is 45.1 Å². The number of oxazole rings is 2. The van der Waals surface area contributed by atoms with Crippen LogP contribution in [0, 0.1) is 22.7 Å². The number of hydrogen-bond acceptors (Lipinski definition) is 22. The lowest BCUT2D eigenvalue weighted by Gasteiger charge is -2.47. The number of carbonyl (C=O) groups excluding carboxylic acids is 2. The highest BCUT2D eigenvalue weighted by molar-refractivity contribution is 6.75. The lowest BCUT2D eigenvalue weighted by atomic mass is 9.76. The van der Waals surface area contributed by atoms with Crippen LogP contribution < -0.4 is 9.47 Å². The zero-order valence-corrected chi connectivity index (χ0v) is 85.4. The molecule has 3 heterocycles. The molecule has 22 nitrogen and oxygen atoms in total. The van der Waals surface area contributed by atoms with Crippen LogP contribution in [-0.4, -0.2) is 186 Å². The molecule has 122 heavy (non-hydrogen) atoms. The lowest BCUT2D eigenvalue weighted by molar-refractivity contribution is -0.168. The van der Waals surface area contributed by atoms with Crippen molar-refractivity contribution in [3.63, 3.8) is 0 Å². The summed E-state index contributed by atoms with van der Waals surface area (Å²) in [6.07, 6.45) is 15.2. The van der Waals surface area contributed by atoms with Gasteiger partial charge in [-0.05, 0) is 121 Å². The minimum atomic E-state index is -2.62. The second kappa shape index (κ2) is 47.7. The summed E-state index contributed by atoms with van der Waals surface area (Å²) in [6, 6.07) is 15.7. The third-order valence-corrected chi connectivity index (χ3v) is 44.6. The van der Waals surface area contributed by atoms with E-state index in [-0.39, 0.29) is 57.7 Å². The minimum absolute atomic E-state index is 0.0550. The fraction of sp³-hybridized carbons (Fsp3) is 0.708. The van der Waals surface area contributed by atoms with E-state index in [1.54, 1.807) is 69.4 Å². The van der Waals surface area contributed by atoms with Crippen LogP contribution in [0.2, 0.25) is 72.5 Å². The Kier molecular flexibility index (Phi) is 41.9. The van der Waals surface area contributed by atoms with Crippen LogP contribution in [0.15, 0.2) is 118 Å². The molecule has 692 valence electrons. The monoisotopic (exact) mass is 1780 g/mol. The Bertz CT molecular complexity index is 3590. The first kappa shape index (κ1) is 107. The van der Waals surface area contributed by atoms with E-state index in [2.05, 4.69) is 177 Å². The quantitative estimate of drug-likeness (QED) is 0.0348. The van der Waals surface area contributed by atoms with Crippen molar-refractivity contribution in [1.29, 1.82) is 0 Å². The van der Waals surface area contributed by atoms with E-state index in [4.69, 9.17) is 93.3 Å². The van der Waals surface area contributed by atoms with E-state index in [1.165, 1.54) is 0 Å². The van der Waals surface area contributed by atoms with Crippen molar-refractivity contribution in [3.05, 3.63) is 144 Å². The van der Waals surface area contributed by atoms with Gasteiger partial charge in [-0.3, -0.25) is 9.59 Å². The predicted molar refractivity (Wildman–Crippen MR) is 496 cm³/mol. The molecule has 4 bridgehead atoms. The number of cyclic esters (lactones) is 2. The molecule has 0 radical (unpaired) electrons. The van der Waals surface area contributed by atoms with Crippen LogP contribution >= 0.6 is 0 Å². The Morgan fingerprint density at radius 3 is 1.05 bits per heavy atom. The fourth-order valence-electron chi connectivity index (χ4n) is 13.7. The van der Waals surface area contributed by atoms with Crippen molar-refractivity contribution in [2.24, 2.45) is 22.7 Å². The van der Waals surface area contributed by atoms with Crippen LogP contribution in [-0.2, 0) is 101 Å². The number of aromatic nitrogens is 2. The summed E-state index contributed by atoms with van der Waals surface area (Å²) in [5.74, 6) is 1.32. The fourth-order valence-corrected chi connectivity index (χ4v) is 19.4. The average Bonchev–Trinajstić information content (AvgIpc) is 1.19. The molecule has 4 aromatic rings. The Labute approximate surface area is 739 Å². The van der Waals surface area contributed by atoms with Gasteiger partial charge in [-0.2, -0.15) is 0 Å². The van der Waals surface area contributed by atoms with Gasteiger partial charge in [0.25, 0.3) is 0 Å². The molecule has 5 rings (SSSR count). The number of fused-ring (bicyclic) bond motifs is 4. The van der Waals surface area contributed by atoms with Crippen LogP contribution in [0.3, 0.4) is 0 Å². The number of benzene rings is 2. The second-order valence-corrected chi connectivity index (χ2v) is 59.8. The number of rotatable bonds is 30. The van der Waals surface area contributed by atoms with Crippen molar-refractivity contribution >= 4 is 45.2 Å². The summed E-state index contributed by atoms with van der Waals surface area (Å²) in [5.41, 5.74) is 1.42. The van der Waals surface area contributed by atoms with Crippen LogP contribution in [0.25, 0.3) is 0 Å². The molecule has 0 amide bonds. The lowest BCUT2D eigenvalue weighted by Crippen LogP contribution is -2.53. The molecule has 0 N–H and O–H groups in total. The summed E-state index contributed by atoms with van der Waals surface area (Å²) in [4.78, 5) is 41.3. The zero-order chi connectivity index (χ0) is 91.6. The Morgan fingerprint density at radius 2 is 0.762 bits per heavy atom. The highest BCUT2D eigenvalue weighted by atomic mass is 28.4. The second-order valence-electron chi connectivity index (χ2n) is 40.7. The van der Waals surface area contributed by atoms with Gasteiger partial charge >= 0.3 is 11.9 Å². The Balaban J connectivity index is 1.68. The first-order chi connectivity index (χ1) is 56.7. The zero-order valence-electron chi connectivity index (χ0n) is 81.4. The number of hydrogen-bond donors (Lipinski definition) is 0. The van der Waals surface area contributed by atoms with Crippen molar-refractivity contribution in [2.45, 2.75) is 348 Å². The van der Waals surface area contributed by atoms with Gasteiger partial charge in [0.1, 0.15) is 59.8 Å². The molecule has 1 aliphatic heterocycles. The predicted octanol–water partition coefficient (Wildman–Crippen LogP) is 22.4.